The summed E-state index contributed by atoms with van der Waals surface area (Å²) in [6.07, 6.45) is 0.494. The van der Waals surface area contributed by atoms with E-state index in [0.717, 1.165) is 10.6 Å². The normalized spacial score (nSPS) is 12.5. The molecule has 0 saturated carbocycles. The van der Waals surface area contributed by atoms with Crippen LogP contribution in [0.2, 0.25) is 0 Å². The molecule has 1 atom stereocenters. The molecule has 0 aliphatic rings. The highest BCUT2D eigenvalue weighted by Crippen LogP contribution is 2.22. The lowest BCUT2D eigenvalue weighted by atomic mass is 10.1. The fourth-order valence-electron chi connectivity index (χ4n) is 1.08. The third-order valence-corrected chi connectivity index (χ3v) is 2.98. The first-order valence-electron chi connectivity index (χ1n) is 4.67. The highest BCUT2D eigenvalue weighted by Gasteiger charge is 2.09. The lowest BCUT2D eigenvalue weighted by Crippen LogP contribution is -2.19. The minimum Gasteiger partial charge on any atom is -0.330 e. The summed E-state index contributed by atoms with van der Waals surface area (Å²) in [5.74, 6) is 0.295. The molecular formula is C10H16N2OS. The standard InChI is InChI=1S/C10H16N2OS/c1-7(6-11)5-9(13)12-10-8(2)3-4-14-10/h3-4,7H,5-6,11H2,1-2H3,(H,12,13). The second-order valence-electron chi connectivity index (χ2n) is 3.53. The zero-order valence-corrected chi connectivity index (χ0v) is 9.36. The predicted octanol–water partition coefficient (Wildman–Crippen LogP) is 1.98. The molecule has 0 aromatic carbocycles. The van der Waals surface area contributed by atoms with E-state index >= 15 is 0 Å². The highest BCUT2D eigenvalue weighted by molar-refractivity contribution is 7.14. The Kier molecular flexibility index (Phi) is 4.10. The molecule has 3 nitrogen and oxygen atoms in total. The fraction of sp³-hybridized carbons (Fsp3) is 0.500. The van der Waals surface area contributed by atoms with E-state index < -0.39 is 0 Å². The van der Waals surface area contributed by atoms with Gasteiger partial charge in [-0.05, 0) is 36.4 Å². The Bertz CT molecular complexity index is 309. The molecule has 1 amide bonds. The Morgan fingerprint density at radius 3 is 2.93 bits per heavy atom. The van der Waals surface area contributed by atoms with Gasteiger partial charge in [0.15, 0.2) is 0 Å². The van der Waals surface area contributed by atoms with Gasteiger partial charge in [0, 0.05) is 6.42 Å². The molecule has 1 aromatic rings. The Hall–Kier alpha value is -0.870. The van der Waals surface area contributed by atoms with Crippen LogP contribution in [-0.2, 0) is 4.79 Å². The smallest absolute Gasteiger partial charge is 0.225 e. The molecule has 78 valence electrons. The summed E-state index contributed by atoms with van der Waals surface area (Å²) in [6.45, 7) is 4.51. The largest absolute Gasteiger partial charge is 0.330 e. The van der Waals surface area contributed by atoms with Gasteiger partial charge in [0.2, 0.25) is 5.91 Å². The van der Waals surface area contributed by atoms with Crippen LogP contribution in [0.5, 0.6) is 0 Å². The van der Waals surface area contributed by atoms with Crippen LogP contribution in [0.15, 0.2) is 11.4 Å². The van der Waals surface area contributed by atoms with Crippen molar-refractivity contribution in [3.8, 4) is 0 Å². The Balaban J connectivity index is 2.45. The molecule has 0 bridgehead atoms. The number of nitrogens with one attached hydrogen (secondary N) is 1. The summed E-state index contributed by atoms with van der Waals surface area (Å²) < 4.78 is 0. The summed E-state index contributed by atoms with van der Waals surface area (Å²) in [6, 6.07) is 1.99. The minimum atomic E-state index is 0.0495. The molecule has 0 aliphatic heterocycles. The number of aryl methyl sites for hydroxylation is 1. The third-order valence-electron chi connectivity index (χ3n) is 2.05. The van der Waals surface area contributed by atoms with Crippen molar-refractivity contribution >= 4 is 22.2 Å². The van der Waals surface area contributed by atoms with Crippen LogP contribution in [0.3, 0.4) is 0 Å². The molecule has 0 radical (unpaired) electrons. The van der Waals surface area contributed by atoms with E-state index in [1.165, 1.54) is 0 Å². The SMILES string of the molecule is Cc1ccsc1NC(=O)CC(C)CN. The van der Waals surface area contributed by atoms with E-state index in [4.69, 9.17) is 5.73 Å². The van der Waals surface area contributed by atoms with E-state index in [-0.39, 0.29) is 11.8 Å². The van der Waals surface area contributed by atoms with Gasteiger partial charge >= 0.3 is 0 Å². The molecule has 1 rings (SSSR count). The first kappa shape index (κ1) is 11.2. The van der Waals surface area contributed by atoms with Gasteiger partial charge in [-0.15, -0.1) is 11.3 Å². The lowest BCUT2D eigenvalue weighted by molar-refractivity contribution is -0.116. The van der Waals surface area contributed by atoms with Crippen molar-refractivity contribution in [2.24, 2.45) is 11.7 Å². The molecule has 14 heavy (non-hydrogen) atoms. The maximum Gasteiger partial charge on any atom is 0.225 e. The average molecular weight is 212 g/mol. The van der Waals surface area contributed by atoms with Crippen molar-refractivity contribution in [3.05, 3.63) is 17.0 Å². The zero-order valence-electron chi connectivity index (χ0n) is 8.54. The predicted molar refractivity (Wildman–Crippen MR) is 60.5 cm³/mol. The van der Waals surface area contributed by atoms with Gasteiger partial charge in [0.25, 0.3) is 0 Å². The van der Waals surface area contributed by atoms with E-state index in [1.54, 1.807) is 11.3 Å². The van der Waals surface area contributed by atoms with Crippen LogP contribution < -0.4 is 11.1 Å². The van der Waals surface area contributed by atoms with E-state index in [2.05, 4.69) is 5.32 Å². The van der Waals surface area contributed by atoms with Crippen molar-refractivity contribution in [3.63, 3.8) is 0 Å². The summed E-state index contributed by atoms with van der Waals surface area (Å²) in [5.41, 5.74) is 6.56. The number of rotatable bonds is 4. The van der Waals surface area contributed by atoms with Crippen LogP contribution >= 0.6 is 11.3 Å². The van der Waals surface area contributed by atoms with E-state index in [0.29, 0.717) is 13.0 Å². The van der Waals surface area contributed by atoms with Gasteiger partial charge in [-0.2, -0.15) is 0 Å². The highest BCUT2D eigenvalue weighted by atomic mass is 32.1. The van der Waals surface area contributed by atoms with Crippen LogP contribution in [0.4, 0.5) is 5.00 Å². The Morgan fingerprint density at radius 1 is 1.71 bits per heavy atom. The van der Waals surface area contributed by atoms with Crippen molar-refractivity contribution in [2.75, 3.05) is 11.9 Å². The molecule has 0 saturated heterocycles. The minimum absolute atomic E-state index is 0.0495. The van der Waals surface area contributed by atoms with Gasteiger partial charge < -0.3 is 11.1 Å². The lowest BCUT2D eigenvalue weighted by Gasteiger charge is -2.08. The molecule has 1 heterocycles. The first-order chi connectivity index (χ1) is 6.63. The van der Waals surface area contributed by atoms with Crippen LogP contribution in [0.1, 0.15) is 18.9 Å². The molecule has 0 aliphatic carbocycles. The van der Waals surface area contributed by atoms with Crippen LogP contribution in [0.25, 0.3) is 0 Å². The van der Waals surface area contributed by atoms with Crippen molar-refractivity contribution < 1.29 is 4.79 Å². The quantitative estimate of drug-likeness (QED) is 0.801. The van der Waals surface area contributed by atoms with Gasteiger partial charge in [-0.3, -0.25) is 4.79 Å². The van der Waals surface area contributed by atoms with Crippen LogP contribution in [-0.4, -0.2) is 12.5 Å². The average Bonchev–Trinajstić information content (AvgIpc) is 2.51. The Labute approximate surface area is 88.3 Å². The number of thiophene rings is 1. The number of carbonyl (C=O) groups excluding carboxylic acids is 1. The second-order valence-corrected chi connectivity index (χ2v) is 4.44. The van der Waals surface area contributed by atoms with Crippen molar-refractivity contribution in [1.82, 2.24) is 0 Å². The third kappa shape index (κ3) is 3.12. The van der Waals surface area contributed by atoms with Crippen molar-refractivity contribution in [1.29, 1.82) is 0 Å². The van der Waals surface area contributed by atoms with Gasteiger partial charge in [-0.25, -0.2) is 0 Å². The van der Waals surface area contributed by atoms with Gasteiger partial charge in [-0.1, -0.05) is 6.92 Å². The summed E-state index contributed by atoms with van der Waals surface area (Å²) in [4.78, 5) is 11.5. The number of anilines is 1. The van der Waals surface area contributed by atoms with Crippen molar-refractivity contribution in [2.45, 2.75) is 20.3 Å². The summed E-state index contributed by atoms with van der Waals surface area (Å²) >= 11 is 1.55. The number of carbonyl (C=O) groups is 1. The topological polar surface area (TPSA) is 55.1 Å². The summed E-state index contributed by atoms with van der Waals surface area (Å²) in [5, 5.41) is 5.79. The summed E-state index contributed by atoms with van der Waals surface area (Å²) in [7, 11) is 0. The number of hydrogen-bond acceptors (Lipinski definition) is 3. The molecule has 0 spiro atoms. The fourth-order valence-corrected chi connectivity index (χ4v) is 1.91. The maximum absolute atomic E-state index is 11.5. The van der Waals surface area contributed by atoms with Crippen LogP contribution in [0, 0.1) is 12.8 Å². The number of nitrogens with two attached hydrogens (primary N) is 1. The first-order valence-corrected chi connectivity index (χ1v) is 5.55. The van der Waals surface area contributed by atoms with Gasteiger partial charge in [0.1, 0.15) is 0 Å². The molecule has 0 fully saturated rings. The molecule has 1 aromatic heterocycles. The molecule has 3 N–H and O–H groups in total. The number of amides is 1. The second kappa shape index (κ2) is 5.12. The monoisotopic (exact) mass is 212 g/mol. The Morgan fingerprint density at radius 2 is 2.43 bits per heavy atom. The zero-order chi connectivity index (χ0) is 10.6. The number of hydrogen-bond donors (Lipinski definition) is 2. The molecule has 1 unspecified atom stereocenters. The van der Waals surface area contributed by atoms with Gasteiger partial charge in [0.05, 0.1) is 5.00 Å². The molecule has 4 heteroatoms. The maximum atomic E-state index is 11.5. The molecular weight excluding hydrogens is 196 g/mol. The van der Waals surface area contributed by atoms with E-state index in [9.17, 15) is 4.79 Å². The van der Waals surface area contributed by atoms with E-state index in [1.807, 2.05) is 25.3 Å².